The highest BCUT2D eigenvalue weighted by Crippen LogP contribution is 2.27. The fourth-order valence-electron chi connectivity index (χ4n) is 3.83. The zero-order valence-corrected chi connectivity index (χ0v) is 20.2. The van der Waals surface area contributed by atoms with Crippen LogP contribution in [0.3, 0.4) is 0 Å². The maximum absolute atomic E-state index is 12.4. The topological polar surface area (TPSA) is 95.7 Å². The third kappa shape index (κ3) is 7.16. The van der Waals surface area contributed by atoms with Crippen LogP contribution in [0.25, 0.3) is 16.7 Å². The van der Waals surface area contributed by atoms with Gasteiger partial charge in [0.2, 0.25) is 0 Å². The number of benzene rings is 1. The van der Waals surface area contributed by atoms with Gasteiger partial charge in [0.15, 0.2) is 6.29 Å². The van der Waals surface area contributed by atoms with Crippen molar-refractivity contribution >= 4 is 23.3 Å². The minimum Gasteiger partial charge on any atom is -0.478 e. The van der Waals surface area contributed by atoms with Crippen molar-refractivity contribution < 1.29 is 28.6 Å². The Morgan fingerprint density at radius 2 is 1.80 bits per heavy atom. The van der Waals surface area contributed by atoms with Gasteiger partial charge in [-0.05, 0) is 70.1 Å². The molecule has 0 spiro atoms. The van der Waals surface area contributed by atoms with Crippen molar-refractivity contribution in [1.29, 1.82) is 0 Å². The number of aromatic carboxylic acids is 1. The summed E-state index contributed by atoms with van der Waals surface area (Å²) in [6.07, 6.45) is 3.49. The largest absolute Gasteiger partial charge is 0.478 e. The van der Waals surface area contributed by atoms with Gasteiger partial charge in [-0.25, -0.2) is 18.6 Å². The average molecular weight is 488 g/mol. The van der Waals surface area contributed by atoms with Crippen LogP contribution in [-0.2, 0) is 6.42 Å². The molecule has 0 bridgehead atoms. The molecule has 1 aromatic carbocycles. The maximum Gasteiger partial charge on any atom is 0.335 e. The van der Waals surface area contributed by atoms with Gasteiger partial charge in [-0.1, -0.05) is 0 Å². The Balaban J connectivity index is 0.000000320. The number of hydrogen-bond acceptors (Lipinski definition) is 5. The van der Waals surface area contributed by atoms with E-state index in [1.54, 1.807) is 44.2 Å². The zero-order chi connectivity index (χ0) is 25.8. The molecular weight excluding hydrogens is 456 g/mol. The van der Waals surface area contributed by atoms with Gasteiger partial charge in [0.1, 0.15) is 5.65 Å². The number of carbonyl (C=O) groups is 2. The van der Waals surface area contributed by atoms with Crippen molar-refractivity contribution in [2.45, 2.75) is 51.1 Å². The molecule has 0 atom stereocenters. The summed E-state index contributed by atoms with van der Waals surface area (Å²) < 4.78 is 26.6. The van der Waals surface area contributed by atoms with E-state index in [4.69, 9.17) is 5.11 Å². The molecule has 35 heavy (non-hydrogen) atoms. The van der Waals surface area contributed by atoms with Crippen LogP contribution in [0.2, 0.25) is 0 Å². The Morgan fingerprint density at radius 3 is 2.31 bits per heavy atom. The van der Waals surface area contributed by atoms with Crippen molar-refractivity contribution in [3.05, 3.63) is 59.4 Å². The van der Waals surface area contributed by atoms with Gasteiger partial charge in [0.25, 0.3) is 5.92 Å². The molecule has 1 aliphatic rings. The van der Waals surface area contributed by atoms with Gasteiger partial charge >= 0.3 is 5.97 Å². The lowest BCUT2D eigenvalue weighted by molar-refractivity contribution is -0.0504. The van der Waals surface area contributed by atoms with Crippen LogP contribution in [0, 0.1) is 0 Å². The summed E-state index contributed by atoms with van der Waals surface area (Å²) in [6.45, 7) is 4.58. The summed E-state index contributed by atoms with van der Waals surface area (Å²) in [6, 6.07) is 10.3. The molecule has 0 radical (unpaired) electrons. The number of aryl methyl sites for hydroxylation is 1. The van der Waals surface area contributed by atoms with E-state index >= 15 is 0 Å². The van der Waals surface area contributed by atoms with Gasteiger partial charge in [0, 0.05) is 54.5 Å². The fraction of sp³-hybridized carbons (Fsp3) is 0.423. The van der Waals surface area contributed by atoms with Gasteiger partial charge < -0.3 is 15.1 Å². The molecule has 188 valence electrons. The smallest absolute Gasteiger partial charge is 0.335 e. The standard InChI is InChI=1S/C20H20N2O4.C6H11F2N/c1-20(2,26)8-7-17-10-15-9-13(12-23)11-21-18(15)22(17)16-5-3-14(4-6-16)19(24)25;1-9-4-2-6(7,8)3-5-9/h3-6,9-12,26H,7-8H2,1-2H3,(H,24,25);2-5H2,1H3. The molecule has 2 aromatic heterocycles. The van der Waals surface area contributed by atoms with E-state index < -0.39 is 17.5 Å². The third-order valence-corrected chi connectivity index (χ3v) is 5.96. The van der Waals surface area contributed by atoms with Crippen LogP contribution < -0.4 is 0 Å². The first-order chi connectivity index (χ1) is 16.4. The fourth-order valence-corrected chi connectivity index (χ4v) is 3.83. The lowest BCUT2D eigenvalue weighted by Crippen LogP contribution is -2.36. The minimum atomic E-state index is -2.38. The van der Waals surface area contributed by atoms with Crippen LogP contribution in [-0.4, -0.2) is 68.6 Å². The second kappa shape index (κ2) is 10.6. The first kappa shape index (κ1) is 26.4. The second-order valence-corrected chi connectivity index (χ2v) is 9.59. The van der Waals surface area contributed by atoms with Crippen LogP contribution >= 0.6 is 0 Å². The van der Waals surface area contributed by atoms with Crippen molar-refractivity contribution in [3.63, 3.8) is 0 Å². The van der Waals surface area contributed by atoms with Crippen LogP contribution in [0.4, 0.5) is 8.78 Å². The summed E-state index contributed by atoms with van der Waals surface area (Å²) in [5.74, 6) is -3.36. The number of carbonyl (C=O) groups excluding carboxylic acids is 1. The summed E-state index contributed by atoms with van der Waals surface area (Å²) in [5, 5.41) is 20.0. The van der Waals surface area contributed by atoms with E-state index in [1.165, 1.54) is 6.20 Å². The van der Waals surface area contributed by atoms with Crippen molar-refractivity contribution in [2.75, 3.05) is 20.1 Å². The van der Waals surface area contributed by atoms with E-state index in [9.17, 15) is 23.5 Å². The molecule has 3 aromatic rings. The van der Waals surface area contributed by atoms with Crippen LogP contribution in [0.1, 0.15) is 59.5 Å². The number of halogens is 2. The lowest BCUT2D eigenvalue weighted by Gasteiger charge is -2.28. The number of carboxylic acid groups (broad SMARTS) is 1. The summed E-state index contributed by atoms with van der Waals surface area (Å²) in [4.78, 5) is 28.4. The number of aromatic nitrogens is 2. The Labute approximate surface area is 203 Å². The third-order valence-electron chi connectivity index (χ3n) is 5.96. The molecule has 0 aliphatic carbocycles. The number of pyridine rings is 1. The molecule has 7 nitrogen and oxygen atoms in total. The SMILES string of the molecule is CC(C)(O)CCc1cc2cc(C=O)cnc2n1-c1ccc(C(=O)O)cc1.CN1CCC(F)(F)CC1. The number of nitrogens with zero attached hydrogens (tertiary/aromatic N) is 3. The highest BCUT2D eigenvalue weighted by atomic mass is 19.3. The number of aliphatic hydroxyl groups is 1. The number of aldehydes is 1. The summed E-state index contributed by atoms with van der Waals surface area (Å²) in [5.41, 5.74) is 2.28. The monoisotopic (exact) mass is 487 g/mol. The highest BCUT2D eigenvalue weighted by molar-refractivity contribution is 5.88. The number of hydrogen-bond donors (Lipinski definition) is 2. The van der Waals surface area contributed by atoms with Crippen molar-refractivity contribution in [2.24, 2.45) is 0 Å². The zero-order valence-electron chi connectivity index (χ0n) is 20.2. The molecule has 2 N–H and O–H groups in total. The van der Waals surface area contributed by atoms with E-state index in [0.717, 1.165) is 23.1 Å². The molecule has 9 heteroatoms. The molecule has 3 heterocycles. The molecule has 0 unspecified atom stereocenters. The van der Waals surface area contributed by atoms with E-state index in [1.807, 2.05) is 22.6 Å². The quantitative estimate of drug-likeness (QED) is 0.494. The van der Waals surface area contributed by atoms with Crippen LogP contribution in [0.15, 0.2) is 42.6 Å². The minimum absolute atomic E-state index is 0.0312. The predicted molar refractivity (Wildman–Crippen MR) is 130 cm³/mol. The van der Waals surface area contributed by atoms with E-state index in [0.29, 0.717) is 37.1 Å². The Hall–Kier alpha value is -3.17. The van der Waals surface area contributed by atoms with Gasteiger partial charge in [0.05, 0.1) is 11.2 Å². The molecule has 0 saturated carbocycles. The van der Waals surface area contributed by atoms with Gasteiger partial charge in [-0.15, -0.1) is 0 Å². The first-order valence-corrected chi connectivity index (χ1v) is 11.5. The number of alkyl halides is 2. The number of carboxylic acids is 1. The Bertz CT molecular complexity index is 1170. The second-order valence-electron chi connectivity index (χ2n) is 9.59. The highest BCUT2D eigenvalue weighted by Gasteiger charge is 2.32. The van der Waals surface area contributed by atoms with Gasteiger partial charge in [-0.3, -0.25) is 9.36 Å². The molecule has 1 fully saturated rings. The average Bonchev–Trinajstić information content (AvgIpc) is 3.17. The Morgan fingerprint density at radius 1 is 1.17 bits per heavy atom. The normalized spacial score (nSPS) is 15.9. The predicted octanol–water partition coefficient (Wildman–Crippen LogP) is 4.59. The molecule has 4 rings (SSSR count). The maximum atomic E-state index is 12.4. The number of likely N-dealkylation sites (tertiary alicyclic amines) is 1. The van der Waals surface area contributed by atoms with E-state index in [-0.39, 0.29) is 18.4 Å². The lowest BCUT2D eigenvalue weighted by atomic mass is 10.0. The molecule has 1 aliphatic heterocycles. The Kier molecular flexibility index (Phi) is 8.02. The first-order valence-electron chi connectivity index (χ1n) is 11.5. The van der Waals surface area contributed by atoms with Crippen molar-refractivity contribution in [1.82, 2.24) is 14.5 Å². The van der Waals surface area contributed by atoms with E-state index in [2.05, 4.69) is 4.98 Å². The number of rotatable bonds is 6. The molecule has 1 saturated heterocycles. The van der Waals surface area contributed by atoms with Crippen molar-refractivity contribution in [3.8, 4) is 5.69 Å². The molecule has 0 amide bonds. The van der Waals surface area contributed by atoms with Crippen LogP contribution in [0.5, 0.6) is 0 Å². The number of fused-ring (bicyclic) bond motifs is 1. The summed E-state index contributed by atoms with van der Waals surface area (Å²) in [7, 11) is 1.87. The molecular formula is C26H31F2N3O4. The van der Waals surface area contributed by atoms with Gasteiger partial charge in [-0.2, -0.15) is 0 Å². The number of piperidine rings is 1. The summed E-state index contributed by atoms with van der Waals surface area (Å²) >= 11 is 0.